The van der Waals surface area contributed by atoms with Gasteiger partial charge < -0.3 is 4.74 Å². The maximum atomic E-state index is 13.2. The molecule has 162 valence electrons. The van der Waals surface area contributed by atoms with Crippen LogP contribution in [0.4, 0.5) is 0 Å². The number of sulfonamides is 2. The van der Waals surface area contributed by atoms with Gasteiger partial charge in [0, 0.05) is 42.5 Å². The molecule has 11 heteroatoms. The van der Waals surface area contributed by atoms with Crippen molar-refractivity contribution in [1.29, 1.82) is 0 Å². The van der Waals surface area contributed by atoms with Gasteiger partial charge in [0.1, 0.15) is 5.72 Å². The van der Waals surface area contributed by atoms with Crippen molar-refractivity contribution in [3.8, 4) is 0 Å². The lowest BCUT2D eigenvalue weighted by molar-refractivity contribution is -0.0806. The summed E-state index contributed by atoms with van der Waals surface area (Å²) in [6, 6.07) is 12.0. The molecule has 2 saturated heterocycles. The second kappa shape index (κ2) is 8.05. The Morgan fingerprint density at radius 3 is 1.70 bits per heavy atom. The van der Waals surface area contributed by atoms with Gasteiger partial charge in [-0.05, 0) is 48.5 Å². The molecule has 7 nitrogen and oxygen atoms in total. The van der Waals surface area contributed by atoms with Gasteiger partial charge in [-0.25, -0.2) is 16.8 Å². The van der Waals surface area contributed by atoms with Crippen molar-refractivity contribution in [2.45, 2.75) is 28.4 Å². The van der Waals surface area contributed by atoms with E-state index in [1.54, 1.807) is 0 Å². The molecule has 0 atom stereocenters. The molecule has 30 heavy (non-hydrogen) atoms. The molecule has 0 radical (unpaired) electrons. The normalized spacial score (nSPS) is 20.6. The van der Waals surface area contributed by atoms with E-state index >= 15 is 0 Å². The first-order chi connectivity index (χ1) is 14.1. The van der Waals surface area contributed by atoms with E-state index in [9.17, 15) is 16.8 Å². The molecular formula is C19H20Cl2N2O5S2. The Labute approximate surface area is 186 Å². The Kier molecular flexibility index (Phi) is 5.91. The average Bonchev–Trinajstić information content (AvgIpc) is 3.13. The fourth-order valence-corrected chi connectivity index (χ4v) is 7.31. The summed E-state index contributed by atoms with van der Waals surface area (Å²) in [5.41, 5.74) is -1.05. The lowest BCUT2D eigenvalue weighted by atomic mass is 10.0. The van der Waals surface area contributed by atoms with E-state index in [2.05, 4.69) is 0 Å². The van der Waals surface area contributed by atoms with Crippen molar-refractivity contribution in [2.75, 3.05) is 26.2 Å². The van der Waals surface area contributed by atoms with Crippen LogP contribution >= 0.6 is 23.2 Å². The van der Waals surface area contributed by atoms with Crippen molar-refractivity contribution in [3.63, 3.8) is 0 Å². The molecule has 2 aromatic rings. The average molecular weight is 491 g/mol. The topological polar surface area (TPSA) is 84.0 Å². The number of hydrogen-bond acceptors (Lipinski definition) is 5. The van der Waals surface area contributed by atoms with E-state index < -0.39 is 25.8 Å². The second-order valence-electron chi connectivity index (χ2n) is 7.18. The van der Waals surface area contributed by atoms with Gasteiger partial charge in [-0.15, -0.1) is 0 Å². The molecular weight excluding hydrogens is 471 g/mol. The molecule has 0 N–H and O–H groups in total. The summed E-state index contributed by atoms with van der Waals surface area (Å²) in [4.78, 5) is 0.286. The summed E-state index contributed by atoms with van der Waals surface area (Å²) in [6.07, 6.45) is 0.485. The van der Waals surface area contributed by atoms with Crippen LogP contribution < -0.4 is 0 Å². The Morgan fingerprint density at radius 2 is 1.20 bits per heavy atom. The Hall–Kier alpha value is -1.20. The van der Waals surface area contributed by atoms with E-state index in [-0.39, 0.29) is 48.9 Å². The number of benzene rings is 2. The van der Waals surface area contributed by atoms with Crippen LogP contribution in [-0.2, 0) is 24.8 Å². The first kappa shape index (κ1) is 22.0. The fraction of sp³-hybridized carbons (Fsp3) is 0.368. The van der Waals surface area contributed by atoms with Crippen LogP contribution in [0, 0.1) is 0 Å². The number of nitrogens with zero attached hydrogens (tertiary/aromatic N) is 2. The molecule has 1 spiro atoms. The van der Waals surface area contributed by atoms with E-state index in [0.29, 0.717) is 10.0 Å². The summed E-state index contributed by atoms with van der Waals surface area (Å²) in [5.74, 6) is 0. The van der Waals surface area contributed by atoms with Crippen LogP contribution in [0.3, 0.4) is 0 Å². The van der Waals surface area contributed by atoms with Crippen LogP contribution in [0.1, 0.15) is 12.8 Å². The van der Waals surface area contributed by atoms with Crippen molar-refractivity contribution in [2.24, 2.45) is 0 Å². The lowest BCUT2D eigenvalue weighted by Crippen LogP contribution is -2.55. The van der Waals surface area contributed by atoms with Crippen LogP contribution in [0.2, 0.25) is 10.0 Å². The highest BCUT2D eigenvalue weighted by Crippen LogP contribution is 2.39. The van der Waals surface area contributed by atoms with Gasteiger partial charge >= 0.3 is 0 Å². The standard InChI is InChI=1S/C19H20Cl2N2O5S2/c20-15-1-5-17(6-2-15)29(24,25)22-11-9-19(10-12-22)23(13-14-28-19)30(26,27)18-7-3-16(21)4-8-18/h1-8H,9-14H2. The van der Waals surface area contributed by atoms with Gasteiger partial charge in [0.2, 0.25) is 20.0 Å². The number of halogens is 2. The van der Waals surface area contributed by atoms with Gasteiger partial charge in [0.05, 0.1) is 16.4 Å². The van der Waals surface area contributed by atoms with E-state index in [1.807, 2.05) is 0 Å². The number of hydrogen-bond donors (Lipinski definition) is 0. The summed E-state index contributed by atoms with van der Waals surface area (Å²) in [6.45, 7) is 0.779. The quantitative estimate of drug-likeness (QED) is 0.656. The second-order valence-corrected chi connectivity index (χ2v) is 11.9. The molecule has 2 heterocycles. The maximum absolute atomic E-state index is 13.2. The molecule has 0 unspecified atom stereocenters. The number of ether oxygens (including phenoxy) is 1. The molecule has 0 bridgehead atoms. The predicted molar refractivity (Wildman–Crippen MR) is 113 cm³/mol. The molecule has 0 amide bonds. The van der Waals surface area contributed by atoms with Crippen LogP contribution in [-0.4, -0.2) is 57.4 Å². The van der Waals surface area contributed by atoms with Gasteiger partial charge in [-0.3, -0.25) is 0 Å². The summed E-state index contributed by atoms with van der Waals surface area (Å²) in [7, 11) is -7.50. The van der Waals surface area contributed by atoms with Gasteiger partial charge in [0.25, 0.3) is 0 Å². The Morgan fingerprint density at radius 1 is 0.733 bits per heavy atom. The summed E-state index contributed by atoms with van der Waals surface area (Å²) in [5, 5.41) is 0.899. The zero-order valence-electron chi connectivity index (χ0n) is 15.9. The maximum Gasteiger partial charge on any atom is 0.245 e. The van der Waals surface area contributed by atoms with Crippen LogP contribution in [0.15, 0.2) is 58.3 Å². The number of piperidine rings is 1. The van der Waals surface area contributed by atoms with Crippen LogP contribution in [0.25, 0.3) is 0 Å². The molecule has 2 aliphatic heterocycles. The van der Waals surface area contributed by atoms with Crippen molar-refractivity contribution < 1.29 is 21.6 Å². The summed E-state index contributed by atoms with van der Waals surface area (Å²) < 4.78 is 60.9. The van der Waals surface area contributed by atoms with Gasteiger partial charge in [-0.2, -0.15) is 8.61 Å². The fourth-order valence-electron chi connectivity index (χ4n) is 3.89. The zero-order chi connectivity index (χ0) is 21.6. The van der Waals surface area contributed by atoms with Gasteiger partial charge in [-0.1, -0.05) is 23.2 Å². The minimum absolute atomic E-state index is 0.132. The highest BCUT2D eigenvalue weighted by atomic mass is 35.5. The van der Waals surface area contributed by atoms with E-state index in [0.717, 1.165) is 0 Å². The third-order valence-corrected chi connectivity index (χ3v) is 9.86. The summed E-state index contributed by atoms with van der Waals surface area (Å²) >= 11 is 11.7. The third-order valence-electron chi connectivity index (χ3n) is 5.48. The lowest BCUT2D eigenvalue weighted by Gasteiger charge is -2.42. The Bertz CT molecular complexity index is 1130. The first-order valence-corrected chi connectivity index (χ1v) is 13.0. The predicted octanol–water partition coefficient (Wildman–Crippen LogP) is 3.20. The largest absolute Gasteiger partial charge is 0.358 e. The monoisotopic (exact) mass is 490 g/mol. The highest BCUT2D eigenvalue weighted by Gasteiger charge is 2.51. The minimum atomic E-state index is -3.81. The molecule has 0 aliphatic carbocycles. The smallest absolute Gasteiger partial charge is 0.245 e. The van der Waals surface area contributed by atoms with Crippen molar-refractivity contribution in [3.05, 3.63) is 58.6 Å². The molecule has 4 rings (SSSR count). The highest BCUT2D eigenvalue weighted by molar-refractivity contribution is 7.89. The Balaban J connectivity index is 1.55. The molecule has 0 saturated carbocycles. The third kappa shape index (κ3) is 3.88. The van der Waals surface area contributed by atoms with E-state index in [4.69, 9.17) is 27.9 Å². The van der Waals surface area contributed by atoms with Crippen molar-refractivity contribution >= 4 is 43.2 Å². The number of rotatable bonds is 4. The van der Waals surface area contributed by atoms with E-state index in [1.165, 1.54) is 57.1 Å². The minimum Gasteiger partial charge on any atom is -0.358 e. The van der Waals surface area contributed by atoms with Crippen LogP contribution in [0.5, 0.6) is 0 Å². The molecule has 2 fully saturated rings. The molecule has 2 aliphatic rings. The molecule has 2 aromatic carbocycles. The molecule has 0 aromatic heterocycles. The van der Waals surface area contributed by atoms with Gasteiger partial charge in [0.15, 0.2) is 0 Å². The SMILES string of the molecule is O=S(=O)(c1ccc(Cl)cc1)N1CCC2(CC1)OCCN2S(=O)(=O)c1ccc(Cl)cc1. The first-order valence-electron chi connectivity index (χ1n) is 9.33. The zero-order valence-corrected chi connectivity index (χ0v) is 19.0. The van der Waals surface area contributed by atoms with Crippen molar-refractivity contribution in [1.82, 2.24) is 8.61 Å².